The van der Waals surface area contributed by atoms with E-state index < -0.39 is 53.8 Å². The number of hydrogen-bond acceptors (Lipinski definition) is 6. The zero-order valence-corrected chi connectivity index (χ0v) is 22.0. The number of carbonyl (C=O) groups is 5. The van der Waals surface area contributed by atoms with Gasteiger partial charge in [0.25, 0.3) is 0 Å². The summed E-state index contributed by atoms with van der Waals surface area (Å²) < 4.78 is 0. The Morgan fingerprint density at radius 3 is 1.97 bits per heavy atom. The second kappa shape index (κ2) is 15.6. The first kappa shape index (κ1) is 31.6. The van der Waals surface area contributed by atoms with Crippen LogP contribution < -0.4 is 27.4 Å². The van der Waals surface area contributed by atoms with Crippen molar-refractivity contribution in [1.82, 2.24) is 16.0 Å². The topological polar surface area (TPSA) is 194 Å². The highest BCUT2D eigenvalue weighted by atomic mass is 16.4. The number of nitrogens with two attached hydrogens (primary N) is 2. The molecule has 1 aromatic rings. The molecule has 0 aliphatic rings. The molecule has 4 amide bonds. The van der Waals surface area contributed by atoms with Gasteiger partial charge in [-0.1, -0.05) is 64.4 Å². The number of primary amides is 1. The molecule has 0 bridgehead atoms. The minimum atomic E-state index is -1.23. The van der Waals surface area contributed by atoms with Crippen molar-refractivity contribution in [1.29, 1.82) is 0 Å². The number of carboxylic acid groups (broad SMARTS) is 1. The molecule has 1 rings (SSSR count). The number of nitrogens with one attached hydrogen (secondary N) is 3. The lowest BCUT2D eigenvalue weighted by atomic mass is 9.98. The fourth-order valence-electron chi connectivity index (χ4n) is 3.71. The van der Waals surface area contributed by atoms with Crippen LogP contribution in [0, 0.1) is 11.8 Å². The molecule has 5 unspecified atom stereocenters. The second-order valence-electron chi connectivity index (χ2n) is 9.76. The fraction of sp³-hybridized carbons (Fsp3) is 0.577. The normalized spacial score (nSPS) is 15.1. The first-order chi connectivity index (χ1) is 17.3. The highest BCUT2D eigenvalue weighted by molar-refractivity contribution is 5.94. The van der Waals surface area contributed by atoms with Gasteiger partial charge in [0.1, 0.15) is 18.1 Å². The smallest absolute Gasteiger partial charge is 0.326 e. The van der Waals surface area contributed by atoms with Crippen LogP contribution in [0.15, 0.2) is 30.3 Å². The van der Waals surface area contributed by atoms with Crippen molar-refractivity contribution in [3.63, 3.8) is 0 Å². The largest absolute Gasteiger partial charge is 0.480 e. The maximum atomic E-state index is 13.2. The molecule has 0 spiro atoms. The molecule has 0 aromatic heterocycles. The molecule has 0 heterocycles. The Bertz CT molecular complexity index is 923. The molecule has 206 valence electrons. The van der Waals surface area contributed by atoms with Gasteiger partial charge in [0, 0.05) is 6.42 Å². The van der Waals surface area contributed by atoms with E-state index in [9.17, 15) is 29.1 Å². The Balaban J connectivity index is 3.01. The number of benzene rings is 1. The van der Waals surface area contributed by atoms with Gasteiger partial charge in [0.05, 0.1) is 6.04 Å². The van der Waals surface area contributed by atoms with Crippen LogP contribution in [0.4, 0.5) is 0 Å². The molecule has 0 saturated heterocycles. The Labute approximate surface area is 218 Å². The Morgan fingerprint density at radius 2 is 1.46 bits per heavy atom. The van der Waals surface area contributed by atoms with E-state index in [2.05, 4.69) is 16.0 Å². The van der Waals surface area contributed by atoms with Crippen molar-refractivity contribution in [3.8, 4) is 0 Å². The van der Waals surface area contributed by atoms with Gasteiger partial charge in [-0.2, -0.15) is 0 Å². The summed E-state index contributed by atoms with van der Waals surface area (Å²) in [7, 11) is 0. The van der Waals surface area contributed by atoms with E-state index in [0.717, 1.165) is 5.56 Å². The van der Waals surface area contributed by atoms with Crippen LogP contribution in [0.2, 0.25) is 0 Å². The summed E-state index contributed by atoms with van der Waals surface area (Å²) in [6.45, 7) is 7.22. The summed E-state index contributed by atoms with van der Waals surface area (Å²) in [6, 6.07) is 4.92. The monoisotopic (exact) mass is 519 g/mol. The third-order valence-corrected chi connectivity index (χ3v) is 6.06. The molecule has 0 saturated carbocycles. The van der Waals surface area contributed by atoms with Crippen molar-refractivity contribution in [2.45, 2.75) is 84.0 Å². The van der Waals surface area contributed by atoms with Crippen LogP contribution in [0.3, 0.4) is 0 Å². The molecule has 1 aromatic carbocycles. The number of amides is 4. The third kappa shape index (κ3) is 11.4. The predicted octanol–water partition coefficient (Wildman–Crippen LogP) is 0.453. The van der Waals surface area contributed by atoms with Crippen molar-refractivity contribution in [2.24, 2.45) is 23.3 Å². The number of aliphatic carboxylic acids is 1. The molecule has 0 radical (unpaired) electrons. The lowest BCUT2D eigenvalue weighted by Gasteiger charge is -2.27. The maximum absolute atomic E-state index is 13.2. The average molecular weight is 520 g/mol. The van der Waals surface area contributed by atoms with Crippen molar-refractivity contribution < 1.29 is 29.1 Å². The number of carbonyl (C=O) groups excluding carboxylic acids is 4. The maximum Gasteiger partial charge on any atom is 0.326 e. The van der Waals surface area contributed by atoms with Gasteiger partial charge in [-0.05, 0) is 36.7 Å². The molecule has 0 aliphatic heterocycles. The van der Waals surface area contributed by atoms with Gasteiger partial charge in [0.2, 0.25) is 23.6 Å². The lowest BCUT2D eigenvalue weighted by molar-refractivity contribution is -0.144. The summed E-state index contributed by atoms with van der Waals surface area (Å²) in [5, 5.41) is 17.2. The third-order valence-electron chi connectivity index (χ3n) is 6.06. The number of carboxylic acids is 1. The Hall–Kier alpha value is -3.47. The molecule has 37 heavy (non-hydrogen) atoms. The van der Waals surface area contributed by atoms with Gasteiger partial charge < -0.3 is 32.5 Å². The molecule has 8 N–H and O–H groups in total. The molecular weight excluding hydrogens is 478 g/mol. The lowest BCUT2D eigenvalue weighted by Crippen LogP contribution is -2.58. The molecule has 11 nitrogen and oxygen atoms in total. The minimum absolute atomic E-state index is 0.0149. The first-order valence-corrected chi connectivity index (χ1v) is 12.6. The van der Waals surface area contributed by atoms with Crippen molar-refractivity contribution >= 4 is 29.6 Å². The second-order valence-corrected chi connectivity index (χ2v) is 9.76. The average Bonchev–Trinajstić information content (AvgIpc) is 2.83. The van der Waals surface area contributed by atoms with Gasteiger partial charge in [-0.15, -0.1) is 0 Å². The number of hydrogen-bond donors (Lipinski definition) is 6. The van der Waals surface area contributed by atoms with E-state index in [4.69, 9.17) is 11.5 Å². The fourth-order valence-corrected chi connectivity index (χ4v) is 3.71. The minimum Gasteiger partial charge on any atom is -0.480 e. The first-order valence-electron chi connectivity index (χ1n) is 12.6. The van der Waals surface area contributed by atoms with Crippen LogP contribution in [-0.2, 0) is 30.4 Å². The molecule has 0 fully saturated rings. The zero-order chi connectivity index (χ0) is 28.1. The van der Waals surface area contributed by atoms with Crippen LogP contribution >= 0.6 is 0 Å². The van der Waals surface area contributed by atoms with E-state index in [1.807, 2.05) is 44.2 Å². The van der Waals surface area contributed by atoms with Crippen molar-refractivity contribution in [3.05, 3.63) is 35.9 Å². The summed E-state index contributed by atoms with van der Waals surface area (Å²) in [4.78, 5) is 61.9. The van der Waals surface area contributed by atoms with Crippen molar-refractivity contribution in [2.75, 3.05) is 0 Å². The highest BCUT2D eigenvalue weighted by Crippen LogP contribution is 2.11. The summed E-state index contributed by atoms with van der Waals surface area (Å²) in [6.07, 6.45) is 0.711. The van der Waals surface area contributed by atoms with Crippen LogP contribution in [0.5, 0.6) is 0 Å². The standard InChI is InChI=1S/C26H41N5O6/c1-5-16(4)22(26(36)37)31-24(34)19(11-12-21(28)32)29-25(35)20(13-15(2)3)30-23(33)18(27)14-17-9-7-6-8-10-17/h6-10,15-16,18-20,22H,5,11-14,27H2,1-4H3,(H2,28,32)(H,29,35)(H,30,33)(H,31,34)(H,36,37). The Morgan fingerprint density at radius 1 is 0.892 bits per heavy atom. The molecular formula is C26H41N5O6. The summed E-state index contributed by atoms with van der Waals surface area (Å²) in [5.41, 5.74) is 12.2. The SMILES string of the molecule is CCC(C)C(NC(=O)C(CCC(N)=O)NC(=O)C(CC(C)C)NC(=O)C(N)Cc1ccccc1)C(=O)O. The molecule has 5 atom stereocenters. The highest BCUT2D eigenvalue weighted by Gasteiger charge is 2.32. The van der Waals surface area contributed by atoms with Gasteiger partial charge in [-0.25, -0.2) is 4.79 Å². The van der Waals surface area contributed by atoms with Crippen LogP contribution in [-0.4, -0.2) is 58.9 Å². The van der Waals surface area contributed by atoms with E-state index in [-0.39, 0.29) is 37.5 Å². The number of rotatable bonds is 16. The van der Waals surface area contributed by atoms with E-state index in [1.54, 1.807) is 13.8 Å². The summed E-state index contributed by atoms with van der Waals surface area (Å²) in [5.74, 6) is -4.16. The van der Waals surface area contributed by atoms with Crippen LogP contribution in [0.25, 0.3) is 0 Å². The Kier molecular flexibility index (Phi) is 13.3. The quantitative estimate of drug-likeness (QED) is 0.182. The van der Waals surface area contributed by atoms with Gasteiger partial charge in [0.15, 0.2) is 0 Å². The summed E-state index contributed by atoms with van der Waals surface area (Å²) >= 11 is 0. The van der Waals surface area contributed by atoms with E-state index in [0.29, 0.717) is 6.42 Å². The zero-order valence-electron chi connectivity index (χ0n) is 22.0. The van der Waals surface area contributed by atoms with Gasteiger partial charge in [-0.3, -0.25) is 19.2 Å². The predicted molar refractivity (Wildman–Crippen MR) is 139 cm³/mol. The molecule has 11 heteroatoms. The van der Waals surface area contributed by atoms with Crippen LogP contribution in [0.1, 0.15) is 58.9 Å². The molecule has 0 aliphatic carbocycles. The van der Waals surface area contributed by atoms with E-state index in [1.165, 1.54) is 0 Å². The van der Waals surface area contributed by atoms with Gasteiger partial charge >= 0.3 is 5.97 Å². The van der Waals surface area contributed by atoms with E-state index >= 15 is 0 Å².